The Morgan fingerprint density at radius 3 is 2.67 bits per heavy atom. The van der Waals surface area contributed by atoms with Crippen LogP contribution in [-0.4, -0.2) is 22.4 Å². The first-order valence-corrected chi connectivity index (χ1v) is 6.71. The Bertz CT molecular complexity index is 794. The Balaban J connectivity index is 2.27. The normalized spacial score (nSPS) is 11.8. The third kappa shape index (κ3) is 1.58. The summed E-state index contributed by atoms with van der Waals surface area (Å²) in [5.41, 5.74) is 1.20. The zero-order chi connectivity index (χ0) is 12.6. The lowest BCUT2D eigenvalue weighted by Crippen LogP contribution is -2.11. The van der Waals surface area contributed by atoms with Crippen molar-refractivity contribution in [2.75, 3.05) is 0 Å². The molecule has 0 aliphatic heterocycles. The molecule has 0 fully saturated rings. The molecule has 0 saturated carbocycles. The van der Waals surface area contributed by atoms with Gasteiger partial charge in [0.2, 0.25) is 0 Å². The molecule has 0 N–H and O–H groups in total. The van der Waals surface area contributed by atoms with Gasteiger partial charge in [0.15, 0.2) is 0 Å². The molecule has 2 aromatic heterocycles. The van der Waals surface area contributed by atoms with Crippen molar-refractivity contribution in [1.82, 2.24) is 13.9 Å². The highest BCUT2D eigenvalue weighted by Gasteiger charge is 2.19. The highest BCUT2D eigenvalue weighted by Crippen LogP contribution is 2.19. The van der Waals surface area contributed by atoms with E-state index in [9.17, 15) is 8.42 Å². The minimum atomic E-state index is -3.63. The van der Waals surface area contributed by atoms with Crippen molar-refractivity contribution >= 4 is 21.1 Å². The van der Waals surface area contributed by atoms with Crippen LogP contribution >= 0.6 is 0 Å². The van der Waals surface area contributed by atoms with Crippen LogP contribution in [0.15, 0.2) is 60.0 Å². The van der Waals surface area contributed by atoms with E-state index in [-0.39, 0.29) is 4.90 Å². The van der Waals surface area contributed by atoms with Gasteiger partial charge in [-0.3, -0.25) is 4.98 Å². The number of nitrogens with zero attached hydrogens (tertiary/aromatic N) is 3. The van der Waals surface area contributed by atoms with Crippen molar-refractivity contribution < 1.29 is 8.42 Å². The average Bonchev–Trinajstić information content (AvgIpc) is 2.84. The molecule has 0 bridgehead atoms. The van der Waals surface area contributed by atoms with Crippen LogP contribution in [-0.2, 0) is 10.0 Å². The Morgan fingerprint density at radius 1 is 1.06 bits per heavy atom. The van der Waals surface area contributed by atoms with Gasteiger partial charge in [-0.25, -0.2) is 17.4 Å². The summed E-state index contributed by atoms with van der Waals surface area (Å²) < 4.78 is 25.9. The number of rotatable bonds is 2. The molecule has 0 radical (unpaired) electrons. The number of fused-ring (bicyclic) bond motifs is 1. The van der Waals surface area contributed by atoms with E-state index in [1.165, 1.54) is 28.8 Å². The first kappa shape index (κ1) is 10.9. The largest absolute Gasteiger partial charge is 0.271 e. The van der Waals surface area contributed by atoms with E-state index in [0.717, 1.165) is 0 Å². The molecule has 0 unspecified atom stereocenters. The van der Waals surface area contributed by atoms with Crippen LogP contribution < -0.4 is 0 Å². The minimum Gasteiger partial charge on any atom is -0.263 e. The van der Waals surface area contributed by atoms with Crippen LogP contribution in [0.5, 0.6) is 0 Å². The fourth-order valence-corrected chi connectivity index (χ4v) is 3.00. The van der Waals surface area contributed by atoms with Gasteiger partial charge in [-0.15, -0.1) is 0 Å². The summed E-state index contributed by atoms with van der Waals surface area (Å²) >= 11 is 0. The molecule has 0 aliphatic carbocycles. The Hall–Kier alpha value is -2.21. The molecular formula is C12H9N3O2S. The van der Waals surface area contributed by atoms with Gasteiger partial charge >= 0.3 is 0 Å². The SMILES string of the molecule is O=S(=O)(c1cccnc1)n1cnc2ccccc21. The second-order valence-corrected chi connectivity index (χ2v) is 5.54. The maximum Gasteiger partial charge on any atom is 0.271 e. The average molecular weight is 259 g/mol. The predicted octanol–water partition coefficient (Wildman–Crippen LogP) is 1.67. The predicted molar refractivity (Wildman–Crippen MR) is 66.6 cm³/mol. The lowest BCUT2D eigenvalue weighted by Gasteiger charge is -2.05. The fraction of sp³-hybridized carbons (Fsp3) is 0. The third-order valence-corrected chi connectivity index (χ3v) is 4.26. The van der Waals surface area contributed by atoms with Crippen LogP contribution in [0.2, 0.25) is 0 Å². The van der Waals surface area contributed by atoms with E-state index in [2.05, 4.69) is 9.97 Å². The van der Waals surface area contributed by atoms with Crippen LogP contribution in [0.1, 0.15) is 0 Å². The van der Waals surface area contributed by atoms with Gasteiger partial charge in [-0.2, -0.15) is 0 Å². The number of aromatic nitrogens is 3. The molecule has 0 aliphatic rings. The second kappa shape index (κ2) is 3.92. The van der Waals surface area contributed by atoms with E-state index in [0.29, 0.717) is 11.0 Å². The van der Waals surface area contributed by atoms with Crippen LogP contribution in [0.3, 0.4) is 0 Å². The van der Waals surface area contributed by atoms with Gasteiger partial charge < -0.3 is 0 Å². The van der Waals surface area contributed by atoms with E-state index >= 15 is 0 Å². The molecule has 0 amide bonds. The summed E-state index contributed by atoms with van der Waals surface area (Å²) in [6.45, 7) is 0. The summed E-state index contributed by atoms with van der Waals surface area (Å²) in [5.74, 6) is 0. The first-order valence-electron chi connectivity index (χ1n) is 5.27. The maximum atomic E-state index is 12.4. The first-order chi connectivity index (χ1) is 8.69. The minimum absolute atomic E-state index is 0.146. The summed E-state index contributed by atoms with van der Waals surface area (Å²) in [4.78, 5) is 8.05. The molecule has 3 rings (SSSR count). The molecule has 0 saturated heterocycles. The molecule has 0 spiro atoms. The molecular weight excluding hydrogens is 250 g/mol. The Kier molecular flexibility index (Phi) is 2.38. The zero-order valence-corrected chi connectivity index (χ0v) is 10.1. The Labute approximate surface area is 104 Å². The topological polar surface area (TPSA) is 64.8 Å². The lowest BCUT2D eigenvalue weighted by atomic mass is 10.3. The number of para-hydroxylation sites is 2. The smallest absolute Gasteiger partial charge is 0.263 e. The standard InChI is InChI=1S/C12H9N3O2S/c16-18(17,10-4-3-7-13-8-10)15-9-14-11-5-1-2-6-12(11)15/h1-9H. The lowest BCUT2D eigenvalue weighted by molar-refractivity contribution is 0.588. The molecule has 3 aromatic rings. The summed E-state index contributed by atoms with van der Waals surface area (Å²) in [6.07, 6.45) is 4.17. The van der Waals surface area contributed by atoms with Gasteiger partial charge in [0.25, 0.3) is 10.0 Å². The highest BCUT2D eigenvalue weighted by atomic mass is 32.2. The number of hydrogen-bond donors (Lipinski definition) is 0. The number of hydrogen-bond acceptors (Lipinski definition) is 4. The molecule has 2 heterocycles. The number of pyridine rings is 1. The summed E-state index contributed by atoms with van der Waals surface area (Å²) in [5, 5.41) is 0. The van der Waals surface area contributed by atoms with Crippen molar-refractivity contribution in [3.63, 3.8) is 0 Å². The van der Waals surface area contributed by atoms with Gasteiger partial charge in [0.1, 0.15) is 11.2 Å². The van der Waals surface area contributed by atoms with Crippen molar-refractivity contribution in [3.05, 3.63) is 55.1 Å². The van der Waals surface area contributed by atoms with Crippen molar-refractivity contribution in [2.45, 2.75) is 4.90 Å². The summed E-state index contributed by atoms with van der Waals surface area (Å²) in [7, 11) is -3.63. The van der Waals surface area contributed by atoms with Crippen molar-refractivity contribution in [3.8, 4) is 0 Å². The van der Waals surface area contributed by atoms with E-state index in [4.69, 9.17) is 0 Å². The maximum absolute atomic E-state index is 12.4. The van der Waals surface area contributed by atoms with Crippen molar-refractivity contribution in [1.29, 1.82) is 0 Å². The fourth-order valence-electron chi connectivity index (χ4n) is 1.74. The number of imidazole rings is 1. The van der Waals surface area contributed by atoms with Gasteiger partial charge in [0, 0.05) is 12.4 Å². The van der Waals surface area contributed by atoms with Gasteiger partial charge in [0.05, 0.1) is 11.0 Å². The summed E-state index contributed by atoms with van der Waals surface area (Å²) in [6, 6.07) is 10.2. The molecule has 0 atom stereocenters. The highest BCUT2D eigenvalue weighted by molar-refractivity contribution is 7.90. The zero-order valence-electron chi connectivity index (χ0n) is 9.26. The molecule has 1 aromatic carbocycles. The molecule has 5 nitrogen and oxygen atoms in total. The van der Waals surface area contributed by atoms with E-state index in [1.54, 1.807) is 24.3 Å². The van der Waals surface area contributed by atoms with Crippen molar-refractivity contribution in [2.24, 2.45) is 0 Å². The monoisotopic (exact) mass is 259 g/mol. The van der Waals surface area contributed by atoms with Crippen LogP contribution in [0, 0.1) is 0 Å². The molecule has 18 heavy (non-hydrogen) atoms. The second-order valence-electron chi connectivity index (χ2n) is 3.72. The number of benzene rings is 1. The van der Waals surface area contributed by atoms with Crippen LogP contribution in [0.4, 0.5) is 0 Å². The molecule has 6 heteroatoms. The van der Waals surface area contributed by atoms with E-state index in [1.807, 2.05) is 6.07 Å². The third-order valence-electron chi connectivity index (χ3n) is 2.61. The van der Waals surface area contributed by atoms with Crippen LogP contribution in [0.25, 0.3) is 11.0 Å². The Morgan fingerprint density at radius 2 is 1.89 bits per heavy atom. The van der Waals surface area contributed by atoms with Gasteiger partial charge in [-0.1, -0.05) is 12.1 Å². The quantitative estimate of drug-likeness (QED) is 0.702. The molecule has 90 valence electrons. The van der Waals surface area contributed by atoms with Gasteiger partial charge in [-0.05, 0) is 24.3 Å². The van der Waals surface area contributed by atoms with E-state index < -0.39 is 10.0 Å².